The van der Waals surface area contributed by atoms with Crippen molar-refractivity contribution in [2.24, 2.45) is 5.73 Å². The lowest BCUT2D eigenvalue weighted by Crippen LogP contribution is -2.31. The third-order valence-corrected chi connectivity index (χ3v) is 7.54. The van der Waals surface area contributed by atoms with Crippen molar-refractivity contribution in [1.29, 1.82) is 0 Å². The Hall–Kier alpha value is -1.18. The van der Waals surface area contributed by atoms with Gasteiger partial charge in [-0.15, -0.1) is 22.7 Å². The van der Waals surface area contributed by atoms with Crippen molar-refractivity contribution >= 4 is 50.2 Å². The summed E-state index contributed by atoms with van der Waals surface area (Å²) in [6.07, 6.45) is 4.50. The molecule has 3 aromatic heterocycles. The molecule has 1 saturated carbocycles. The number of pyridine rings is 1. The predicted octanol–water partition coefficient (Wildman–Crippen LogP) is 5.10. The normalized spacial score (nSPS) is 20.6. The summed E-state index contributed by atoms with van der Waals surface area (Å²) in [4.78, 5) is 6.98. The van der Waals surface area contributed by atoms with Gasteiger partial charge < -0.3 is 16.2 Å². The predicted molar refractivity (Wildman–Crippen MR) is 111 cm³/mol. The van der Waals surface area contributed by atoms with Gasteiger partial charge in [-0.05, 0) is 24.3 Å². The number of hydrogen-bond donors (Lipinski definition) is 3. The number of hydrogen-bond acceptors (Lipinski definition) is 6. The first-order valence-corrected chi connectivity index (χ1v) is 11.0. The Morgan fingerprint density at radius 1 is 1.35 bits per heavy atom. The topological polar surface area (TPSA) is 71.2 Å². The van der Waals surface area contributed by atoms with Crippen molar-refractivity contribution < 1.29 is 5.11 Å². The smallest absolute Gasteiger partial charge is 0.131 e. The molecule has 0 spiro atoms. The molecule has 4 rings (SSSR count). The molecule has 1 fully saturated rings. The first-order chi connectivity index (χ1) is 12.7. The average Bonchev–Trinajstić information content (AvgIpc) is 3.27. The summed E-state index contributed by atoms with van der Waals surface area (Å²) >= 11 is 9.72. The van der Waals surface area contributed by atoms with Gasteiger partial charge in [0.2, 0.25) is 0 Å². The molecule has 3 heterocycles. The standard InChI is InChI=1S/C19H22ClN3OS2/c20-16-8-15(22-9-11-4-3-7-25-11)19-17(23-16)13(10-24)18(26-19)12-5-1-2-6-14(12)21/h3-4,7-8,12,14,24H,1-2,5-6,9-10,21H2,(H,22,23)/t12-,14-/m0/s1. The lowest BCUT2D eigenvalue weighted by Gasteiger charge is -2.28. The van der Waals surface area contributed by atoms with Gasteiger partial charge in [-0.1, -0.05) is 30.5 Å². The highest BCUT2D eigenvalue weighted by atomic mass is 35.5. The Labute approximate surface area is 166 Å². The molecule has 4 N–H and O–H groups in total. The van der Waals surface area contributed by atoms with Gasteiger partial charge in [-0.25, -0.2) is 4.98 Å². The van der Waals surface area contributed by atoms with Crippen LogP contribution in [0.3, 0.4) is 0 Å². The molecule has 1 aliphatic rings. The molecule has 1 aliphatic carbocycles. The second kappa shape index (κ2) is 7.82. The fourth-order valence-electron chi connectivity index (χ4n) is 3.76. The Kier molecular flexibility index (Phi) is 5.47. The van der Waals surface area contributed by atoms with E-state index in [0.717, 1.165) is 40.9 Å². The molecule has 26 heavy (non-hydrogen) atoms. The van der Waals surface area contributed by atoms with Gasteiger partial charge >= 0.3 is 0 Å². The summed E-state index contributed by atoms with van der Waals surface area (Å²) in [7, 11) is 0. The molecular weight excluding hydrogens is 386 g/mol. The number of halogens is 1. The second-order valence-electron chi connectivity index (χ2n) is 6.76. The average molecular weight is 408 g/mol. The maximum absolute atomic E-state index is 10.0. The number of rotatable bonds is 5. The van der Waals surface area contributed by atoms with Crippen LogP contribution < -0.4 is 11.1 Å². The maximum Gasteiger partial charge on any atom is 0.131 e. The number of thiophene rings is 2. The van der Waals surface area contributed by atoms with Crippen LogP contribution in [0.1, 0.15) is 46.9 Å². The third-order valence-electron chi connectivity index (χ3n) is 5.08. The van der Waals surface area contributed by atoms with Crippen LogP contribution >= 0.6 is 34.3 Å². The van der Waals surface area contributed by atoms with Crippen LogP contribution in [-0.4, -0.2) is 16.1 Å². The quantitative estimate of drug-likeness (QED) is 0.514. The molecular formula is C19H22ClN3OS2. The van der Waals surface area contributed by atoms with Crippen molar-refractivity contribution in [1.82, 2.24) is 4.98 Å². The highest BCUT2D eigenvalue weighted by Gasteiger charge is 2.29. The van der Waals surface area contributed by atoms with E-state index in [4.69, 9.17) is 17.3 Å². The van der Waals surface area contributed by atoms with Crippen LogP contribution in [0.2, 0.25) is 5.15 Å². The van der Waals surface area contributed by atoms with E-state index in [9.17, 15) is 5.11 Å². The number of aromatic nitrogens is 1. The number of aliphatic hydroxyl groups excluding tert-OH is 1. The molecule has 0 amide bonds. The lowest BCUT2D eigenvalue weighted by molar-refractivity contribution is 0.280. The fraction of sp³-hybridized carbons (Fsp3) is 0.421. The van der Waals surface area contributed by atoms with Crippen LogP contribution in [0.5, 0.6) is 0 Å². The molecule has 0 bridgehead atoms. The van der Waals surface area contributed by atoms with Gasteiger partial charge in [0.25, 0.3) is 0 Å². The Morgan fingerprint density at radius 2 is 2.19 bits per heavy atom. The van der Waals surface area contributed by atoms with E-state index in [1.807, 2.05) is 12.1 Å². The van der Waals surface area contributed by atoms with Crippen molar-refractivity contribution in [2.75, 3.05) is 5.32 Å². The Balaban J connectivity index is 1.75. The van der Waals surface area contributed by atoms with Crippen LogP contribution in [0.4, 0.5) is 5.69 Å². The summed E-state index contributed by atoms with van der Waals surface area (Å²) in [5, 5.41) is 16.1. The van der Waals surface area contributed by atoms with Crippen LogP contribution in [0.25, 0.3) is 10.2 Å². The van der Waals surface area contributed by atoms with E-state index in [-0.39, 0.29) is 12.6 Å². The van der Waals surface area contributed by atoms with E-state index in [2.05, 4.69) is 21.7 Å². The molecule has 2 atom stereocenters. The molecule has 3 aromatic rings. The van der Waals surface area contributed by atoms with Gasteiger partial charge in [0, 0.05) is 39.9 Å². The van der Waals surface area contributed by atoms with Gasteiger partial charge in [0.1, 0.15) is 5.15 Å². The molecule has 138 valence electrons. The van der Waals surface area contributed by atoms with E-state index < -0.39 is 0 Å². The van der Waals surface area contributed by atoms with E-state index in [1.54, 1.807) is 22.7 Å². The van der Waals surface area contributed by atoms with Crippen LogP contribution in [-0.2, 0) is 13.2 Å². The van der Waals surface area contributed by atoms with E-state index in [1.165, 1.54) is 22.6 Å². The summed E-state index contributed by atoms with van der Waals surface area (Å²) in [6.45, 7) is 0.716. The third kappa shape index (κ3) is 3.49. The number of anilines is 1. The summed E-state index contributed by atoms with van der Waals surface area (Å²) in [5.41, 5.74) is 9.10. The Morgan fingerprint density at radius 3 is 2.92 bits per heavy atom. The lowest BCUT2D eigenvalue weighted by atomic mass is 9.83. The molecule has 7 heteroatoms. The highest BCUT2D eigenvalue weighted by molar-refractivity contribution is 7.20. The molecule has 0 saturated heterocycles. The van der Waals surface area contributed by atoms with Crippen LogP contribution in [0.15, 0.2) is 23.6 Å². The number of nitrogens with one attached hydrogen (secondary N) is 1. The number of nitrogens with two attached hydrogens (primary N) is 1. The zero-order chi connectivity index (χ0) is 18.1. The first-order valence-electron chi connectivity index (χ1n) is 8.92. The molecule has 0 unspecified atom stereocenters. The Bertz CT molecular complexity index is 894. The second-order valence-corrected chi connectivity index (χ2v) is 9.23. The maximum atomic E-state index is 10.0. The SMILES string of the molecule is N[C@H]1CCCC[C@@H]1c1sc2c(NCc3cccs3)cc(Cl)nc2c1CO. The zero-order valence-electron chi connectivity index (χ0n) is 14.4. The zero-order valence-corrected chi connectivity index (χ0v) is 16.8. The minimum absolute atomic E-state index is 0.0315. The fourth-order valence-corrected chi connectivity index (χ4v) is 6.06. The molecule has 0 aromatic carbocycles. The van der Waals surface area contributed by atoms with Gasteiger partial charge in [-0.3, -0.25) is 0 Å². The van der Waals surface area contributed by atoms with Crippen molar-refractivity contribution in [3.8, 4) is 0 Å². The van der Waals surface area contributed by atoms with E-state index in [0.29, 0.717) is 11.1 Å². The monoisotopic (exact) mass is 407 g/mol. The summed E-state index contributed by atoms with van der Waals surface area (Å²) in [6, 6.07) is 6.19. The van der Waals surface area contributed by atoms with Gasteiger partial charge in [0.15, 0.2) is 0 Å². The first kappa shape index (κ1) is 18.2. The van der Waals surface area contributed by atoms with Gasteiger partial charge in [-0.2, -0.15) is 0 Å². The highest BCUT2D eigenvalue weighted by Crippen LogP contribution is 2.44. The summed E-state index contributed by atoms with van der Waals surface area (Å²) < 4.78 is 1.06. The van der Waals surface area contributed by atoms with Crippen molar-refractivity contribution in [3.63, 3.8) is 0 Å². The van der Waals surface area contributed by atoms with Crippen molar-refractivity contribution in [3.05, 3.63) is 44.1 Å². The number of nitrogens with zero attached hydrogens (tertiary/aromatic N) is 1. The minimum atomic E-state index is -0.0315. The van der Waals surface area contributed by atoms with Crippen LogP contribution in [0, 0.1) is 0 Å². The van der Waals surface area contributed by atoms with Gasteiger partial charge in [0.05, 0.1) is 22.5 Å². The molecule has 4 nitrogen and oxygen atoms in total. The largest absolute Gasteiger partial charge is 0.392 e. The number of fused-ring (bicyclic) bond motifs is 1. The molecule has 0 aliphatic heterocycles. The van der Waals surface area contributed by atoms with E-state index >= 15 is 0 Å². The minimum Gasteiger partial charge on any atom is -0.392 e. The van der Waals surface area contributed by atoms with Crippen molar-refractivity contribution in [2.45, 2.75) is 50.8 Å². The molecule has 0 radical (unpaired) electrons. The summed E-state index contributed by atoms with van der Waals surface area (Å²) in [5.74, 6) is 0.300. The number of aliphatic hydroxyl groups is 1.